The molecule has 4 aromatic rings. The van der Waals surface area contributed by atoms with Crippen LogP contribution >= 0.6 is 0 Å². The van der Waals surface area contributed by atoms with Gasteiger partial charge in [-0.05, 0) is 36.2 Å². The van der Waals surface area contributed by atoms with Crippen molar-refractivity contribution in [2.24, 2.45) is 0 Å². The van der Waals surface area contributed by atoms with E-state index < -0.39 is 5.97 Å². The van der Waals surface area contributed by atoms with Gasteiger partial charge in [0.1, 0.15) is 5.69 Å². The maximum Gasteiger partial charge on any atom is 0.352 e. The van der Waals surface area contributed by atoms with Gasteiger partial charge >= 0.3 is 5.97 Å². The Labute approximate surface area is 200 Å². The number of carboxylic acid groups (broad SMARTS) is 1. The van der Waals surface area contributed by atoms with Gasteiger partial charge in [0, 0.05) is 43.6 Å². The predicted octanol–water partition coefficient (Wildman–Crippen LogP) is 5.14. The summed E-state index contributed by atoms with van der Waals surface area (Å²) in [4.78, 5) is 16.8. The molecule has 1 aromatic heterocycles. The molecule has 5 heteroatoms. The number of carbonyl (C=O) groups is 1. The molecule has 0 saturated carbocycles. The first-order valence-electron chi connectivity index (χ1n) is 12.1. The number of hydrogen-bond donors (Lipinski definition) is 1. The Hall–Kier alpha value is -3.41. The highest BCUT2D eigenvalue weighted by Crippen LogP contribution is 2.29. The average Bonchev–Trinajstić information content (AvgIpc) is 3.26. The first-order chi connectivity index (χ1) is 16.7. The van der Waals surface area contributed by atoms with Crippen LogP contribution in [0.5, 0.6) is 0 Å². The van der Waals surface area contributed by atoms with Crippen molar-refractivity contribution < 1.29 is 9.90 Å². The van der Waals surface area contributed by atoms with Crippen LogP contribution in [0, 0.1) is 0 Å². The zero-order valence-electron chi connectivity index (χ0n) is 19.4. The molecule has 0 unspecified atom stereocenters. The minimum atomic E-state index is -0.863. The van der Waals surface area contributed by atoms with Crippen molar-refractivity contribution in [2.75, 3.05) is 32.7 Å². The van der Waals surface area contributed by atoms with Crippen LogP contribution in [0.25, 0.3) is 10.9 Å². The van der Waals surface area contributed by atoms with Crippen LogP contribution in [0.1, 0.15) is 34.1 Å². The Bertz CT molecular complexity index is 1190. The van der Waals surface area contributed by atoms with Crippen LogP contribution in [0.3, 0.4) is 0 Å². The molecule has 174 valence electrons. The van der Waals surface area contributed by atoms with E-state index >= 15 is 0 Å². The van der Waals surface area contributed by atoms with Gasteiger partial charge in [0.05, 0.1) is 6.04 Å². The second kappa shape index (κ2) is 10.2. The van der Waals surface area contributed by atoms with E-state index in [1.807, 2.05) is 28.8 Å². The molecule has 0 spiro atoms. The Kier molecular flexibility index (Phi) is 6.74. The monoisotopic (exact) mass is 453 g/mol. The van der Waals surface area contributed by atoms with E-state index in [1.165, 1.54) is 11.1 Å². The Morgan fingerprint density at radius 2 is 1.35 bits per heavy atom. The van der Waals surface area contributed by atoms with Crippen molar-refractivity contribution in [1.29, 1.82) is 0 Å². The number of benzene rings is 3. The predicted molar refractivity (Wildman–Crippen MR) is 136 cm³/mol. The molecule has 1 fully saturated rings. The van der Waals surface area contributed by atoms with Crippen molar-refractivity contribution in [2.45, 2.75) is 19.0 Å². The molecule has 34 heavy (non-hydrogen) atoms. The van der Waals surface area contributed by atoms with Crippen LogP contribution < -0.4 is 0 Å². The lowest BCUT2D eigenvalue weighted by Gasteiger charge is -2.40. The lowest BCUT2D eigenvalue weighted by atomic mass is 9.96. The van der Waals surface area contributed by atoms with E-state index in [4.69, 9.17) is 0 Å². The van der Waals surface area contributed by atoms with E-state index in [-0.39, 0.29) is 6.04 Å². The van der Waals surface area contributed by atoms with E-state index in [0.29, 0.717) is 12.2 Å². The number of carboxylic acids is 1. The molecule has 0 atom stereocenters. The zero-order valence-corrected chi connectivity index (χ0v) is 19.4. The highest BCUT2D eigenvalue weighted by Gasteiger charge is 2.26. The molecule has 5 rings (SSSR count). The van der Waals surface area contributed by atoms with Crippen LogP contribution in [0.15, 0.2) is 91.0 Å². The van der Waals surface area contributed by atoms with E-state index in [2.05, 4.69) is 70.5 Å². The summed E-state index contributed by atoms with van der Waals surface area (Å²) in [5.41, 5.74) is 4.04. The average molecular weight is 454 g/mol. The summed E-state index contributed by atoms with van der Waals surface area (Å²) in [6.07, 6.45) is 0.930. The number of nitrogens with zero attached hydrogens (tertiary/aromatic N) is 3. The minimum absolute atomic E-state index is 0.272. The standard InChI is InChI=1S/C29H31N3O2/c33-29(34)27-22-25-14-7-8-15-26(25)32(27)17-9-16-30-18-20-31(21-19-30)28(23-10-3-1-4-11-23)24-12-5-2-6-13-24/h1-8,10-15,22,28H,9,16-21H2,(H,33,34). The molecule has 2 heterocycles. The molecule has 1 aliphatic rings. The number of aromatic carboxylic acids is 1. The maximum atomic E-state index is 11.8. The van der Waals surface area contributed by atoms with Crippen molar-refractivity contribution in [3.63, 3.8) is 0 Å². The van der Waals surface area contributed by atoms with Gasteiger partial charge in [-0.25, -0.2) is 4.79 Å². The van der Waals surface area contributed by atoms with Gasteiger partial charge in [0.25, 0.3) is 0 Å². The summed E-state index contributed by atoms with van der Waals surface area (Å²) in [6, 6.07) is 31.5. The van der Waals surface area contributed by atoms with Crippen molar-refractivity contribution in [3.8, 4) is 0 Å². The molecule has 0 amide bonds. The molecule has 1 saturated heterocycles. The van der Waals surface area contributed by atoms with E-state index in [0.717, 1.165) is 50.0 Å². The minimum Gasteiger partial charge on any atom is -0.477 e. The topological polar surface area (TPSA) is 48.7 Å². The highest BCUT2D eigenvalue weighted by atomic mass is 16.4. The summed E-state index contributed by atoms with van der Waals surface area (Å²) in [7, 11) is 0. The van der Waals surface area contributed by atoms with Gasteiger partial charge in [-0.15, -0.1) is 0 Å². The van der Waals surface area contributed by atoms with Crippen molar-refractivity contribution in [1.82, 2.24) is 14.4 Å². The Morgan fingerprint density at radius 1 is 0.765 bits per heavy atom. The quantitative estimate of drug-likeness (QED) is 0.402. The maximum absolute atomic E-state index is 11.8. The first kappa shape index (κ1) is 22.4. The van der Waals surface area contributed by atoms with Crippen molar-refractivity contribution >= 4 is 16.9 Å². The molecule has 0 bridgehead atoms. The summed E-state index contributed by atoms with van der Waals surface area (Å²) >= 11 is 0. The molecule has 3 aromatic carbocycles. The summed E-state index contributed by atoms with van der Waals surface area (Å²) in [6.45, 7) is 5.76. The van der Waals surface area contributed by atoms with Gasteiger partial charge in [0.2, 0.25) is 0 Å². The molecular weight excluding hydrogens is 422 g/mol. The van der Waals surface area contributed by atoms with Crippen molar-refractivity contribution in [3.05, 3.63) is 108 Å². The molecule has 1 N–H and O–H groups in total. The first-order valence-corrected chi connectivity index (χ1v) is 12.1. The van der Waals surface area contributed by atoms with Gasteiger partial charge in [0.15, 0.2) is 0 Å². The summed E-state index contributed by atoms with van der Waals surface area (Å²) < 4.78 is 1.95. The van der Waals surface area contributed by atoms with Gasteiger partial charge in [-0.3, -0.25) is 4.90 Å². The molecule has 1 aliphatic heterocycles. The smallest absolute Gasteiger partial charge is 0.352 e. The Balaban J connectivity index is 1.22. The molecular formula is C29H31N3O2. The third-order valence-corrected chi connectivity index (χ3v) is 6.89. The number of piperazine rings is 1. The van der Waals surface area contributed by atoms with Crippen LogP contribution in [0.2, 0.25) is 0 Å². The number of fused-ring (bicyclic) bond motifs is 1. The SMILES string of the molecule is O=C(O)c1cc2ccccc2n1CCCN1CCN(C(c2ccccc2)c2ccccc2)CC1. The van der Waals surface area contributed by atoms with Gasteiger partial charge in [-0.2, -0.15) is 0 Å². The molecule has 0 radical (unpaired) electrons. The second-order valence-corrected chi connectivity index (χ2v) is 9.00. The van der Waals surface area contributed by atoms with E-state index in [9.17, 15) is 9.90 Å². The fourth-order valence-corrected chi connectivity index (χ4v) is 5.21. The number of rotatable bonds is 8. The highest BCUT2D eigenvalue weighted by molar-refractivity contribution is 5.94. The number of aryl methyl sites for hydroxylation is 1. The van der Waals surface area contributed by atoms with Gasteiger partial charge < -0.3 is 14.6 Å². The number of aromatic nitrogens is 1. The molecule has 5 nitrogen and oxygen atoms in total. The van der Waals surface area contributed by atoms with Crippen LogP contribution in [-0.2, 0) is 6.54 Å². The Morgan fingerprint density at radius 3 is 1.97 bits per heavy atom. The van der Waals surface area contributed by atoms with Crippen LogP contribution in [-0.4, -0.2) is 58.2 Å². The lowest BCUT2D eigenvalue weighted by Crippen LogP contribution is -2.48. The number of hydrogen-bond acceptors (Lipinski definition) is 3. The lowest BCUT2D eigenvalue weighted by molar-refractivity contribution is 0.0684. The van der Waals surface area contributed by atoms with Gasteiger partial charge in [-0.1, -0.05) is 78.9 Å². The summed E-state index contributed by atoms with van der Waals surface area (Å²) in [5, 5.41) is 10.6. The second-order valence-electron chi connectivity index (χ2n) is 9.00. The zero-order chi connectivity index (χ0) is 23.3. The molecule has 0 aliphatic carbocycles. The third-order valence-electron chi connectivity index (χ3n) is 6.89. The summed E-state index contributed by atoms with van der Waals surface area (Å²) in [5.74, 6) is -0.863. The number of para-hydroxylation sites is 1. The van der Waals surface area contributed by atoms with Crippen LogP contribution in [0.4, 0.5) is 0 Å². The fraction of sp³-hybridized carbons (Fsp3) is 0.276. The van der Waals surface area contributed by atoms with E-state index in [1.54, 1.807) is 6.07 Å². The largest absolute Gasteiger partial charge is 0.477 e. The normalized spacial score (nSPS) is 15.2. The third kappa shape index (κ3) is 4.76. The fourth-order valence-electron chi connectivity index (χ4n) is 5.21.